The van der Waals surface area contributed by atoms with E-state index in [1.165, 1.54) is 11.3 Å². The second-order valence-electron chi connectivity index (χ2n) is 5.32. The maximum atomic E-state index is 12.5. The van der Waals surface area contributed by atoms with E-state index < -0.39 is 0 Å². The van der Waals surface area contributed by atoms with Crippen LogP contribution in [0.2, 0.25) is 0 Å². The van der Waals surface area contributed by atoms with Gasteiger partial charge in [-0.05, 0) is 24.5 Å². The summed E-state index contributed by atoms with van der Waals surface area (Å²) in [5.74, 6) is -0.160. The number of anilines is 1. The SMILES string of the molecule is CCc1cccc(C)c1NC(=O)c1csc(-c2ccccc2)n1. The molecule has 0 atom stereocenters. The lowest BCUT2D eigenvalue weighted by molar-refractivity contribution is 0.102. The largest absolute Gasteiger partial charge is 0.320 e. The summed E-state index contributed by atoms with van der Waals surface area (Å²) in [5.41, 5.74) is 4.59. The van der Waals surface area contributed by atoms with Crippen LogP contribution in [0.1, 0.15) is 28.5 Å². The lowest BCUT2D eigenvalue weighted by atomic mass is 10.1. The molecule has 1 amide bonds. The average molecular weight is 322 g/mol. The Labute approximate surface area is 140 Å². The van der Waals surface area contributed by atoms with Crippen molar-refractivity contribution in [2.24, 2.45) is 0 Å². The summed E-state index contributed by atoms with van der Waals surface area (Å²) in [7, 11) is 0. The third kappa shape index (κ3) is 3.32. The van der Waals surface area contributed by atoms with Gasteiger partial charge in [0, 0.05) is 16.6 Å². The van der Waals surface area contributed by atoms with Crippen molar-refractivity contribution in [2.75, 3.05) is 5.32 Å². The van der Waals surface area contributed by atoms with E-state index in [0.29, 0.717) is 5.69 Å². The quantitative estimate of drug-likeness (QED) is 0.739. The summed E-state index contributed by atoms with van der Waals surface area (Å²) >= 11 is 1.48. The number of aromatic nitrogens is 1. The van der Waals surface area contributed by atoms with Crippen LogP contribution in [0.25, 0.3) is 10.6 Å². The number of carbonyl (C=O) groups is 1. The van der Waals surface area contributed by atoms with Gasteiger partial charge in [-0.3, -0.25) is 4.79 Å². The van der Waals surface area contributed by atoms with E-state index in [-0.39, 0.29) is 5.91 Å². The number of nitrogens with one attached hydrogen (secondary N) is 1. The highest BCUT2D eigenvalue weighted by atomic mass is 32.1. The molecule has 0 aliphatic carbocycles. The summed E-state index contributed by atoms with van der Waals surface area (Å²) in [4.78, 5) is 17.0. The molecular formula is C19H18N2OS. The smallest absolute Gasteiger partial charge is 0.275 e. The fourth-order valence-corrected chi connectivity index (χ4v) is 3.28. The van der Waals surface area contributed by atoms with Crippen LogP contribution in [0.3, 0.4) is 0 Å². The van der Waals surface area contributed by atoms with Gasteiger partial charge in [-0.1, -0.05) is 55.5 Å². The van der Waals surface area contributed by atoms with Crippen molar-refractivity contribution in [3.05, 3.63) is 70.7 Å². The van der Waals surface area contributed by atoms with Crippen molar-refractivity contribution >= 4 is 22.9 Å². The molecule has 23 heavy (non-hydrogen) atoms. The number of rotatable bonds is 4. The Morgan fingerprint density at radius 3 is 2.65 bits per heavy atom. The first-order chi connectivity index (χ1) is 11.2. The fraction of sp³-hybridized carbons (Fsp3) is 0.158. The Kier molecular flexibility index (Phi) is 4.53. The van der Waals surface area contributed by atoms with Gasteiger partial charge in [0.2, 0.25) is 0 Å². The fourth-order valence-electron chi connectivity index (χ4n) is 2.47. The molecule has 3 nitrogen and oxygen atoms in total. The van der Waals surface area contributed by atoms with Gasteiger partial charge >= 0.3 is 0 Å². The Morgan fingerprint density at radius 1 is 1.13 bits per heavy atom. The number of thiazole rings is 1. The highest BCUT2D eigenvalue weighted by molar-refractivity contribution is 7.13. The van der Waals surface area contributed by atoms with Crippen LogP contribution in [0.15, 0.2) is 53.9 Å². The number of benzene rings is 2. The zero-order chi connectivity index (χ0) is 16.2. The van der Waals surface area contributed by atoms with Crippen LogP contribution in [0, 0.1) is 6.92 Å². The molecule has 0 aliphatic rings. The number of hydrogen-bond acceptors (Lipinski definition) is 3. The molecule has 1 heterocycles. The summed E-state index contributed by atoms with van der Waals surface area (Å²) in [6.07, 6.45) is 0.879. The van der Waals surface area contributed by atoms with Gasteiger partial charge < -0.3 is 5.32 Å². The van der Waals surface area contributed by atoms with E-state index in [1.807, 2.05) is 60.8 Å². The number of nitrogens with zero attached hydrogens (tertiary/aromatic N) is 1. The third-order valence-electron chi connectivity index (χ3n) is 3.74. The zero-order valence-corrected chi connectivity index (χ0v) is 14.0. The monoisotopic (exact) mass is 322 g/mol. The summed E-state index contributed by atoms with van der Waals surface area (Å²) in [5, 5.41) is 5.68. The molecule has 1 aromatic heterocycles. The second kappa shape index (κ2) is 6.75. The minimum atomic E-state index is -0.160. The minimum Gasteiger partial charge on any atom is -0.320 e. The topological polar surface area (TPSA) is 42.0 Å². The molecule has 0 unspecified atom stereocenters. The van der Waals surface area contributed by atoms with Crippen LogP contribution in [-0.4, -0.2) is 10.9 Å². The zero-order valence-electron chi connectivity index (χ0n) is 13.2. The molecule has 0 fully saturated rings. The van der Waals surface area contributed by atoms with Crippen molar-refractivity contribution < 1.29 is 4.79 Å². The molecule has 116 valence electrons. The van der Waals surface area contributed by atoms with E-state index in [1.54, 1.807) is 0 Å². The third-order valence-corrected chi connectivity index (χ3v) is 4.63. The first kappa shape index (κ1) is 15.4. The average Bonchev–Trinajstić information content (AvgIpc) is 3.07. The summed E-state index contributed by atoms with van der Waals surface area (Å²) < 4.78 is 0. The van der Waals surface area contributed by atoms with E-state index >= 15 is 0 Å². The maximum absolute atomic E-state index is 12.5. The van der Waals surface area contributed by atoms with Crippen molar-refractivity contribution in [2.45, 2.75) is 20.3 Å². The van der Waals surface area contributed by atoms with Gasteiger partial charge in [-0.25, -0.2) is 4.98 Å². The number of hydrogen-bond donors (Lipinski definition) is 1. The van der Waals surface area contributed by atoms with Crippen molar-refractivity contribution in [3.8, 4) is 10.6 Å². The Hall–Kier alpha value is -2.46. The van der Waals surface area contributed by atoms with Crippen molar-refractivity contribution in [3.63, 3.8) is 0 Å². The molecule has 3 rings (SSSR count). The van der Waals surface area contributed by atoms with E-state index in [2.05, 4.69) is 17.2 Å². The van der Waals surface area contributed by atoms with Gasteiger partial charge in [0.1, 0.15) is 10.7 Å². The Bertz CT molecular complexity index is 824. The van der Waals surface area contributed by atoms with E-state index in [4.69, 9.17) is 0 Å². The number of amides is 1. The van der Waals surface area contributed by atoms with Crippen molar-refractivity contribution in [1.29, 1.82) is 0 Å². The van der Waals surface area contributed by atoms with E-state index in [9.17, 15) is 4.79 Å². The van der Waals surface area contributed by atoms with Crippen LogP contribution >= 0.6 is 11.3 Å². The van der Waals surface area contributed by atoms with E-state index in [0.717, 1.165) is 33.8 Å². The van der Waals surface area contributed by atoms with Gasteiger partial charge in [-0.15, -0.1) is 11.3 Å². The summed E-state index contributed by atoms with van der Waals surface area (Å²) in [6, 6.07) is 16.0. The molecule has 0 aliphatic heterocycles. The predicted molar refractivity (Wildman–Crippen MR) is 96.1 cm³/mol. The second-order valence-corrected chi connectivity index (χ2v) is 6.18. The summed E-state index contributed by atoms with van der Waals surface area (Å²) in [6.45, 7) is 4.09. The van der Waals surface area contributed by atoms with Crippen LogP contribution in [-0.2, 0) is 6.42 Å². The number of carbonyl (C=O) groups excluding carboxylic acids is 1. The molecule has 0 spiro atoms. The van der Waals surface area contributed by atoms with Crippen LogP contribution in [0.5, 0.6) is 0 Å². The molecule has 0 saturated carbocycles. The molecule has 0 saturated heterocycles. The molecule has 0 bridgehead atoms. The molecule has 4 heteroatoms. The van der Waals surface area contributed by atoms with Gasteiger partial charge in [-0.2, -0.15) is 0 Å². The minimum absolute atomic E-state index is 0.160. The highest BCUT2D eigenvalue weighted by Gasteiger charge is 2.14. The first-order valence-electron chi connectivity index (χ1n) is 7.60. The standard InChI is InChI=1S/C19H18N2OS/c1-3-14-11-7-8-13(2)17(14)21-18(22)16-12-23-19(20-16)15-9-5-4-6-10-15/h4-12H,3H2,1-2H3,(H,21,22). The molecule has 3 aromatic rings. The maximum Gasteiger partial charge on any atom is 0.275 e. The van der Waals surface area contributed by atoms with Gasteiger partial charge in [0.15, 0.2) is 0 Å². The molecule has 0 radical (unpaired) electrons. The highest BCUT2D eigenvalue weighted by Crippen LogP contribution is 2.25. The Balaban J connectivity index is 1.84. The number of aryl methyl sites for hydroxylation is 2. The predicted octanol–water partition coefficient (Wildman–Crippen LogP) is 4.93. The lowest BCUT2D eigenvalue weighted by Gasteiger charge is -2.11. The number of para-hydroxylation sites is 1. The first-order valence-corrected chi connectivity index (χ1v) is 8.47. The molecule has 2 aromatic carbocycles. The normalized spacial score (nSPS) is 10.5. The molecular weight excluding hydrogens is 304 g/mol. The Morgan fingerprint density at radius 2 is 1.91 bits per heavy atom. The lowest BCUT2D eigenvalue weighted by Crippen LogP contribution is -2.14. The van der Waals surface area contributed by atoms with Crippen LogP contribution in [0.4, 0.5) is 5.69 Å². The molecule has 1 N–H and O–H groups in total. The van der Waals surface area contributed by atoms with Gasteiger partial charge in [0.25, 0.3) is 5.91 Å². The van der Waals surface area contributed by atoms with Crippen LogP contribution < -0.4 is 5.32 Å². The van der Waals surface area contributed by atoms with Gasteiger partial charge in [0.05, 0.1) is 0 Å². The van der Waals surface area contributed by atoms with Crippen molar-refractivity contribution in [1.82, 2.24) is 4.98 Å².